The van der Waals surface area contributed by atoms with Crippen molar-refractivity contribution >= 4 is 0 Å². The van der Waals surface area contributed by atoms with E-state index in [1.165, 1.54) is 193 Å². The number of hydrogen-bond acceptors (Lipinski definition) is 0. The van der Waals surface area contributed by atoms with Crippen LogP contribution in [0.3, 0.4) is 0 Å². The van der Waals surface area contributed by atoms with Crippen LogP contribution in [-0.2, 0) is 0 Å². The highest BCUT2D eigenvalue weighted by Crippen LogP contribution is 2.14. The highest BCUT2D eigenvalue weighted by Gasteiger charge is 1.94. The molecule has 0 aromatic carbocycles. The van der Waals surface area contributed by atoms with E-state index in [4.69, 9.17) is 0 Å². The van der Waals surface area contributed by atoms with Gasteiger partial charge in [0.1, 0.15) is 0 Å². The summed E-state index contributed by atoms with van der Waals surface area (Å²) in [5.41, 5.74) is 0. The van der Waals surface area contributed by atoms with Crippen molar-refractivity contribution in [3.8, 4) is 0 Å². The molecule has 0 aromatic rings. The lowest BCUT2D eigenvalue weighted by Gasteiger charge is -2.01. The van der Waals surface area contributed by atoms with E-state index in [0.29, 0.717) is 0 Å². The minimum atomic E-state index is 1.21. The minimum absolute atomic E-state index is 1.21. The summed E-state index contributed by atoms with van der Waals surface area (Å²) in [5.74, 6) is 0. The number of hydrogen-bond donors (Lipinski definition) is 0. The Morgan fingerprint density at radius 2 is 0.541 bits per heavy atom. The molecule has 0 saturated heterocycles. The maximum Gasteiger partial charge on any atom is -0.0173 e. The van der Waals surface area contributed by atoms with Crippen molar-refractivity contribution < 1.29 is 0 Å². The second-order valence-corrected chi connectivity index (χ2v) is 11.6. The molecule has 0 unspecified atom stereocenters. The summed E-state index contributed by atoms with van der Waals surface area (Å²) in [7, 11) is 0. The zero-order valence-electron chi connectivity index (χ0n) is 26.0. The van der Waals surface area contributed by atoms with Gasteiger partial charge in [0.05, 0.1) is 0 Å². The summed E-state index contributed by atoms with van der Waals surface area (Å²) >= 11 is 0. The average molecular weight is 515 g/mol. The van der Waals surface area contributed by atoms with Gasteiger partial charge in [-0.15, -0.1) is 0 Å². The molecule has 0 aliphatic carbocycles. The van der Waals surface area contributed by atoms with Crippen molar-refractivity contribution in [2.75, 3.05) is 0 Å². The topological polar surface area (TPSA) is 0 Å². The molecule has 0 heterocycles. The molecule has 0 bridgehead atoms. The summed E-state index contributed by atoms with van der Waals surface area (Å²) in [6, 6.07) is 0. The quantitative estimate of drug-likeness (QED) is 0.0618. The Morgan fingerprint density at radius 1 is 0.297 bits per heavy atom. The first-order valence-corrected chi connectivity index (χ1v) is 17.4. The zero-order chi connectivity index (χ0) is 26.7. The van der Waals surface area contributed by atoms with E-state index in [9.17, 15) is 0 Å². The van der Waals surface area contributed by atoms with Crippen LogP contribution in [0.15, 0.2) is 24.3 Å². The van der Waals surface area contributed by atoms with Crippen LogP contribution in [0.25, 0.3) is 0 Å². The molecule has 218 valence electrons. The first-order chi connectivity index (χ1) is 18.4. The van der Waals surface area contributed by atoms with Gasteiger partial charge in [-0.25, -0.2) is 0 Å². The standard InChI is InChI=1S/C37H70/c1-3-5-7-9-11-13-15-17-19-21-23-25-27-29-31-33-35-37-36-34-32-30-28-26-24-22-20-18-16-14-12-10-8-6-4-2/h23-26H,3-22,27-36H2,1-2H3/b25-23-,26-24-. The van der Waals surface area contributed by atoms with E-state index < -0.39 is 0 Å². The molecule has 0 aliphatic rings. The average Bonchev–Trinajstić information content (AvgIpc) is 2.91. The van der Waals surface area contributed by atoms with Gasteiger partial charge in [0.25, 0.3) is 0 Å². The van der Waals surface area contributed by atoms with Crippen LogP contribution in [0.2, 0.25) is 0 Å². The molecule has 0 fully saturated rings. The maximum atomic E-state index is 3.65. The van der Waals surface area contributed by atoms with Crippen LogP contribution >= 0.6 is 0 Å². The lowest BCUT2D eigenvalue weighted by Crippen LogP contribution is -1.83. The molecule has 37 heavy (non-hydrogen) atoms. The third-order valence-corrected chi connectivity index (χ3v) is 7.73. The highest BCUT2D eigenvalue weighted by molar-refractivity contribution is 4.82. The lowest BCUT2D eigenvalue weighted by atomic mass is 10.0. The molecule has 0 amide bonds. The SMILES string of the molecule is CCCCCCCCCCC/C=C\CCCCC[C]CCCCC/C=C\CCCCCCCCCCC. The smallest absolute Gasteiger partial charge is 0.0173 e. The number of rotatable bonds is 32. The Morgan fingerprint density at radius 3 is 0.838 bits per heavy atom. The molecule has 2 radical (unpaired) electrons. The zero-order valence-corrected chi connectivity index (χ0v) is 26.0. The Bertz CT molecular complexity index is 391. The maximum absolute atomic E-state index is 3.65. The molecule has 0 aromatic heterocycles. The molecular formula is C37H70. The van der Waals surface area contributed by atoms with Crippen molar-refractivity contribution in [1.82, 2.24) is 0 Å². The van der Waals surface area contributed by atoms with Gasteiger partial charge in [0.2, 0.25) is 0 Å². The van der Waals surface area contributed by atoms with Gasteiger partial charge in [-0.2, -0.15) is 0 Å². The lowest BCUT2D eigenvalue weighted by molar-refractivity contribution is 0.566. The monoisotopic (exact) mass is 515 g/mol. The Hall–Kier alpha value is -0.520. The van der Waals surface area contributed by atoms with E-state index in [2.05, 4.69) is 44.6 Å². The van der Waals surface area contributed by atoms with Crippen LogP contribution in [0.5, 0.6) is 0 Å². The van der Waals surface area contributed by atoms with E-state index >= 15 is 0 Å². The van der Waals surface area contributed by atoms with Crippen LogP contribution in [0, 0.1) is 6.42 Å². The van der Waals surface area contributed by atoms with Gasteiger partial charge < -0.3 is 0 Å². The Kier molecular flexibility index (Phi) is 35.0. The van der Waals surface area contributed by atoms with E-state index in [1.54, 1.807) is 0 Å². The van der Waals surface area contributed by atoms with Crippen LogP contribution in [0.4, 0.5) is 0 Å². The van der Waals surface area contributed by atoms with Gasteiger partial charge in [0, 0.05) is 0 Å². The summed E-state index contributed by atoms with van der Waals surface area (Å²) < 4.78 is 0. The summed E-state index contributed by atoms with van der Waals surface area (Å²) in [6.45, 7) is 4.60. The second-order valence-electron chi connectivity index (χ2n) is 11.6. The molecule has 0 N–H and O–H groups in total. The van der Waals surface area contributed by atoms with Crippen molar-refractivity contribution in [3.05, 3.63) is 30.7 Å². The van der Waals surface area contributed by atoms with Gasteiger partial charge >= 0.3 is 0 Å². The second kappa shape index (κ2) is 35.5. The van der Waals surface area contributed by atoms with Gasteiger partial charge in [-0.3, -0.25) is 0 Å². The Labute approximate surface area is 236 Å². The fourth-order valence-electron chi connectivity index (χ4n) is 5.12. The third-order valence-electron chi connectivity index (χ3n) is 7.73. The van der Waals surface area contributed by atoms with E-state index in [-0.39, 0.29) is 0 Å². The fraction of sp³-hybridized carbons (Fsp3) is 0.865. The van der Waals surface area contributed by atoms with E-state index in [0.717, 1.165) is 0 Å². The fourth-order valence-corrected chi connectivity index (χ4v) is 5.12. The largest absolute Gasteiger partial charge is 0.0885 e. The van der Waals surface area contributed by atoms with Crippen LogP contribution < -0.4 is 0 Å². The third kappa shape index (κ3) is 35.5. The predicted octanol–water partition coefficient (Wildman–Crippen LogP) is 13.9. The molecule has 0 saturated carbocycles. The number of allylic oxidation sites excluding steroid dienone is 4. The summed E-state index contributed by atoms with van der Waals surface area (Å²) in [4.78, 5) is 0. The predicted molar refractivity (Wildman–Crippen MR) is 171 cm³/mol. The van der Waals surface area contributed by atoms with Crippen molar-refractivity contribution in [1.29, 1.82) is 0 Å². The van der Waals surface area contributed by atoms with Crippen molar-refractivity contribution in [2.24, 2.45) is 0 Å². The first kappa shape index (κ1) is 36.5. The van der Waals surface area contributed by atoms with Crippen LogP contribution in [0.1, 0.15) is 206 Å². The molecule has 0 nitrogen and oxygen atoms in total. The molecular weight excluding hydrogens is 444 g/mol. The van der Waals surface area contributed by atoms with E-state index in [1.807, 2.05) is 0 Å². The molecule has 0 aliphatic heterocycles. The van der Waals surface area contributed by atoms with Crippen LogP contribution in [-0.4, -0.2) is 0 Å². The van der Waals surface area contributed by atoms with Gasteiger partial charge in [0.15, 0.2) is 0 Å². The van der Waals surface area contributed by atoms with Crippen molar-refractivity contribution in [2.45, 2.75) is 206 Å². The molecule has 0 atom stereocenters. The van der Waals surface area contributed by atoms with Crippen molar-refractivity contribution in [3.63, 3.8) is 0 Å². The first-order valence-electron chi connectivity index (χ1n) is 17.4. The normalized spacial score (nSPS) is 11.9. The molecule has 0 spiro atoms. The highest BCUT2D eigenvalue weighted by atomic mass is 14.0. The molecule has 0 rings (SSSR count). The minimum Gasteiger partial charge on any atom is -0.0885 e. The van der Waals surface area contributed by atoms with Gasteiger partial charge in [-0.05, 0) is 70.6 Å². The van der Waals surface area contributed by atoms with Gasteiger partial charge in [-0.1, -0.05) is 167 Å². The Balaban J connectivity index is 3.12. The molecule has 0 heteroatoms. The summed E-state index contributed by atoms with van der Waals surface area (Å²) in [6.07, 6.45) is 54.9. The number of unbranched alkanes of at least 4 members (excludes halogenated alkanes) is 28. The summed E-state index contributed by atoms with van der Waals surface area (Å²) in [5, 5.41) is 0.